The Morgan fingerprint density at radius 1 is 1.19 bits per heavy atom. The molecule has 1 aromatic heterocycles. The smallest absolute Gasteiger partial charge is 0.234 e. The fourth-order valence-corrected chi connectivity index (χ4v) is 4.98. The molecule has 2 atom stereocenters. The van der Waals surface area contributed by atoms with Gasteiger partial charge in [0.2, 0.25) is 5.91 Å². The Balaban J connectivity index is 1.39. The van der Waals surface area contributed by atoms with Crippen LogP contribution in [0.2, 0.25) is 0 Å². The Hall–Kier alpha value is -1.69. The number of rotatable bonds is 7. The van der Waals surface area contributed by atoms with E-state index in [4.69, 9.17) is 4.74 Å². The lowest BCUT2D eigenvalue weighted by atomic mass is 9.88. The minimum absolute atomic E-state index is 0.117. The minimum atomic E-state index is 0.117. The Morgan fingerprint density at radius 3 is 2.93 bits per heavy atom. The van der Waals surface area contributed by atoms with Crippen LogP contribution >= 0.6 is 11.3 Å². The van der Waals surface area contributed by atoms with Crippen molar-refractivity contribution in [1.29, 1.82) is 0 Å². The summed E-state index contributed by atoms with van der Waals surface area (Å²) < 4.78 is 5.81. The summed E-state index contributed by atoms with van der Waals surface area (Å²) in [5, 5.41) is 5.39. The number of benzene rings is 1. The number of nitrogens with one attached hydrogen (secondary N) is 1. The number of carbonyl (C=O) groups excluding carboxylic acids is 1. The standard InChI is InChI=1S/C22H28N2O2S/c25-22(23-21-11-3-7-17-6-1-2-10-20(17)21)16-24(14-18-8-4-12-26-18)15-19-9-5-13-27-19/h1-2,5-6,9-10,13,18,21H,3-4,7-8,11-12,14-16H2,(H,23,25)/t18-,21+/m1/s1. The fraction of sp³-hybridized carbons (Fsp3) is 0.500. The zero-order valence-corrected chi connectivity index (χ0v) is 16.5. The van der Waals surface area contributed by atoms with E-state index in [0.29, 0.717) is 6.54 Å². The molecule has 1 aromatic carbocycles. The van der Waals surface area contributed by atoms with E-state index in [1.807, 2.05) is 0 Å². The topological polar surface area (TPSA) is 41.6 Å². The van der Waals surface area contributed by atoms with Gasteiger partial charge in [-0.3, -0.25) is 9.69 Å². The van der Waals surface area contributed by atoms with Gasteiger partial charge in [0.15, 0.2) is 0 Å². The Morgan fingerprint density at radius 2 is 2.11 bits per heavy atom. The summed E-state index contributed by atoms with van der Waals surface area (Å²) >= 11 is 1.75. The molecule has 0 spiro atoms. The van der Waals surface area contributed by atoms with Crippen LogP contribution in [-0.2, 0) is 22.5 Å². The minimum Gasteiger partial charge on any atom is -0.377 e. The van der Waals surface area contributed by atoms with Gasteiger partial charge in [-0.05, 0) is 54.7 Å². The van der Waals surface area contributed by atoms with Crippen molar-refractivity contribution in [2.45, 2.75) is 50.8 Å². The van der Waals surface area contributed by atoms with Crippen LogP contribution in [0.3, 0.4) is 0 Å². The Kier molecular flexibility index (Phi) is 6.22. The molecule has 2 heterocycles. The molecule has 0 radical (unpaired) electrons. The van der Waals surface area contributed by atoms with Gasteiger partial charge in [0.1, 0.15) is 0 Å². The fourth-order valence-electron chi connectivity index (χ4n) is 4.23. The first-order valence-electron chi connectivity index (χ1n) is 10.0. The second-order valence-corrected chi connectivity index (χ2v) is 8.63. The van der Waals surface area contributed by atoms with E-state index in [9.17, 15) is 4.79 Å². The van der Waals surface area contributed by atoms with E-state index < -0.39 is 0 Å². The molecule has 2 aromatic rings. The maximum absolute atomic E-state index is 12.8. The molecule has 27 heavy (non-hydrogen) atoms. The maximum Gasteiger partial charge on any atom is 0.234 e. The van der Waals surface area contributed by atoms with Gasteiger partial charge in [-0.1, -0.05) is 30.3 Å². The van der Waals surface area contributed by atoms with Gasteiger partial charge in [-0.25, -0.2) is 0 Å². The van der Waals surface area contributed by atoms with E-state index in [0.717, 1.165) is 51.8 Å². The van der Waals surface area contributed by atoms with Crippen LogP contribution in [0.1, 0.15) is 47.7 Å². The van der Waals surface area contributed by atoms with Crippen molar-refractivity contribution in [2.24, 2.45) is 0 Å². The molecule has 5 heteroatoms. The highest BCUT2D eigenvalue weighted by Crippen LogP contribution is 2.29. The molecule has 1 N–H and O–H groups in total. The number of thiophene rings is 1. The second-order valence-electron chi connectivity index (χ2n) is 7.60. The summed E-state index contributed by atoms with van der Waals surface area (Å²) in [6.45, 7) is 2.91. The normalized spacial score (nSPS) is 22.0. The third-order valence-electron chi connectivity index (χ3n) is 5.52. The third-order valence-corrected chi connectivity index (χ3v) is 6.38. The highest BCUT2D eigenvalue weighted by atomic mass is 32.1. The average Bonchev–Trinajstić information content (AvgIpc) is 3.36. The predicted octanol–water partition coefficient (Wildman–Crippen LogP) is 3.92. The number of aryl methyl sites for hydroxylation is 1. The quantitative estimate of drug-likeness (QED) is 0.787. The second kappa shape index (κ2) is 9.00. The molecule has 4 nitrogen and oxygen atoms in total. The van der Waals surface area contributed by atoms with Crippen molar-refractivity contribution in [3.63, 3.8) is 0 Å². The van der Waals surface area contributed by atoms with Crippen LogP contribution in [-0.4, -0.2) is 36.6 Å². The van der Waals surface area contributed by atoms with Crippen LogP contribution in [0.15, 0.2) is 41.8 Å². The first kappa shape index (κ1) is 18.7. The number of fused-ring (bicyclic) bond motifs is 1. The van der Waals surface area contributed by atoms with Crippen LogP contribution in [0, 0.1) is 0 Å². The summed E-state index contributed by atoms with van der Waals surface area (Å²) in [5.41, 5.74) is 2.67. The molecule has 0 bridgehead atoms. The van der Waals surface area contributed by atoms with Gasteiger partial charge in [0, 0.05) is 24.6 Å². The number of nitrogens with zero attached hydrogens (tertiary/aromatic N) is 1. The molecule has 144 valence electrons. The van der Waals surface area contributed by atoms with E-state index in [2.05, 4.69) is 52.0 Å². The number of amides is 1. The van der Waals surface area contributed by atoms with Crippen molar-refractivity contribution >= 4 is 17.2 Å². The predicted molar refractivity (Wildman–Crippen MR) is 109 cm³/mol. The largest absolute Gasteiger partial charge is 0.377 e. The Labute approximate surface area is 165 Å². The number of hydrogen-bond donors (Lipinski definition) is 1. The third kappa shape index (κ3) is 4.98. The van der Waals surface area contributed by atoms with Crippen molar-refractivity contribution in [1.82, 2.24) is 10.2 Å². The first-order valence-corrected chi connectivity index (χ1v) is 10.9. The van der Waals surface area contributed by atoms with E-state index in [1.165, 1.54) is 16.0 Å². The molecule has 1 aliphatic carbocycles. The summed E-state index contributed by atoms with van der Waals surface area (Å²) in [5.74, 6) is 0.117. The molecule has 2 aliphatic rings. The van der Waals surface area contributed by atoms with Crippen LogP contribution < -0.4 is 5.32 Å². The van der Waals surface area contributed by atoms with E-state index >= 15 is 0 Å². The molecule has 1 fully saturated rings. The molecule has 4 rings (SSSR count). The Bertz CT molecular complexity index is 741. The first-order chi connectivity index (χ1) is 13.3. The summed E-state index contributed by atoms with van der Waals surface area (Å²) in [6.07, 6.45) is 5.76. The van der Waals surface area contributed by atoms with E-state index in [-0.39, 0.29) is 18.1 Å². The van der Waals surface area contributed by atoms with Gasteiger partial charge in [0.25, 0.3) is 0 Å². The van der Waals surface area contributed by atoms with Gasteiger partial charge in [-0.15, -0.1) is 11.3 Å². The molecular formula is C22H28N2O2S. The lowest BCUT2D eigenvalue weighted by molar-refractivity contribution is -0.123. The van der Waals surface area contributed by atoms with E-state index in [1.54, 1.807) is 11.3 Å². The molecule has 0 unspecified atom stereocenters. The highest BCUT2D eigenvalue weighted by Gasteiger charge is 2.24. The molecular weight excluding hydrogens is 356 g/mol. The molecule has 1 saturated heterocycles. The number of hydrogen-bond acceptors (Lipinski definition) is 4. The van der Waals surface area contributed by atoms with Gasteiger partial charge < -0.3 is 10.1 Å². The number of ether oxygens (including phenoxy) is 1. The van der Waals surface area contributed by atoms with Crippen molar-refractivity contribution in [2.75, 3.05) is 19.7 Å². The molecule has 1 aliphatic heterocycles. The lowest BCUT2D eigenvalue weighted by Crippen LogP contribution is -2.42. The summed E-state index contributed by atoms with van der Waals surface area (Å²) in [6, 6.07) is 12.9. The van der Waals surface area contributed by atoms with Crippen LogP contribution in [0.5, 0.6) is 0 Å². The average molecular weight is 385 g/mol. The summed E-state index contributed by atoms with van der Waals surface area (Å²) in [4.78, 5) is 16.4. The van der Waals surface area contributed by atoms with Gasteiger partial charge in [-0.2, -0.15) is 0 Å². The lowest BCUT2D eigenvalue weighted by Gasteiger charge is -2.28. The van der Waals surface area contributed by atoms with Crippen molar-refractivity contribution in [3.05, 3.63) is 57.8 Å². The number of carbonyl (C=O) groups is 1. The van der Waals surface area contributed by atoms with Gasteiger partial charge in [0.05, 0.1) is 18.7 Å². The van der Waals surface area contributed by atoms with Crippen molar-refractivity contribution < 1.29 is 9.53 Å². The van der Waals surface area contributed by atoms with Crippen molar-refractivity contribution in [3.8, 4) is 0 Å². The SMILES string of the molecule is O=C(CN(Cc1cccs1)C[C@H]1CCCO1)N[C@H]1CCCc2ccccc21. The van der Waals surface area contributed by atoms with Gasteiger partial charge >= 0.3 is 0 Å². The highest BCUT2D eigenvalue weighted by molar-refractivity contribution is 7.09. The molecule has 1 amide bonds. The molecule has 0 saturated carbocycles. The maximum atomic E-state index is 12.8. The zero-order valence-electron chi connectivity index (χ0n) is 15.7. The summed E-state index contributed by atoms with van der Waals surface area (Å²) in [7, 11) is 0. The zero-order chi connectivity index (χ0) is 18.5. The monoisotopic (exact) mass is 384 g/mol. The van der Waals surface area contributed by atoms with Crippen LogP contribution in [0.25, 0.3) is 0 Å². The van der Waals surface area contributed by atoms with Crippen LogP contribution in [0.4, 0.5) is 0 Å².